The maximum absolute atomic E-state index is 11.1. The van der Waals surface area contributed by atoms with E-state index in [0.29, 0.717) is 18.5 Å². The van der Waals surface area contributed by atoms with E-state index in [9.17, 15) is 4.79 Å². The normalized spacial score (nSPS) is 12.3. The van der Waals surface area contributed by atoms with Gasteiger partial charge in [-0.2, -0.15) is 0 Å². The maximum Gasteiger partial charge on any atom is 0.221 e. The molecule has 0 heterocycles. The highest BCUT2D eigenvalue weighted by Crippen LogP contribution is 2.10. The summed E-state index contributed by atoms with van der Waals surface area (Å²) in [6, 6.07) is 8.18. The van der Waals surface area contributed by atoms with Crippen LogP contribution in [-0.2, 0) is 11.3 Å². The molecule has 136 valence electrons. The minimum Gasteiger partial charge on any atom is -0.354 e. The van der Waals surface area contributed by atoms with Gasteiger partial charge in [0.05, 0.1) is 0 Å². The van der Waals surface area contributed by atoms with Crippen LogP contribution in [0.2, 0.25) is 0 Å². The Labute approximate surface area is 163 Å². The van der Waals surface area contributed by atoms with Crippen LogP contribution in [-0.4, -0.2) is 25.0 Å². The lowest BCUT2D eigenvalue weighted by Crippen LogP contribution is -2.41. The lowest BCUT2D eigenvalue weighted by Gasteiger charge is -2.19. The summed E-state index contributed by atoms with van der Waals surface area (Å²) in [4.78, 5) is 15.4. The second-order valence-corrected chi connectivity index (χ2v) is 6.32. The summed E-state index contributed by atoms with van der Waals surface area (Å²) >= 11 is 0. The van der Waals surface area contributed by atoms with Crippen molar-refractivity contribution in [2.45, 2.75) is 53.1 Å². The van der Waals surface area contributed by atoms with E-state index in [1.54, 1.807) is 7.05 Å². The van der Waals surface area contributed by atoms with Gasteiger partial charge >= 0.3 is 0 Å². The number of hydrogen-bond donors (Lipinski definition) is 3. The van der Waals surface area contributed by atoms with Crippen LogP contribution in [0.25, 0.3) is 0 Å². The minimum absolute atomic E-state index is 0. The molecule has 0 saturated carbocycles. The number of carbonyl (C=O) groups is 1. The van der Waals surface area contributed by atoms with Gasteiger partial charge in [0.2, 0.25) is 5.91 Å². The predicted molar refractivity (Wildman–Crippen MR) is 113 cm³/mol. The van der Waals surface area contributed by atoms with Crippen molar-refractivity contribution in [3.63, 3.8) is 0 Å². The Kier molecular flexibility index (Phi) is 11.4. The third kappa shape index (κ3) is 9.75. The van der Waals surface area contributed by atoms with E-state index in [0.717, 1.165) is 23.6 Å². The molecule has 1 unspecified atom stereocenters. The summed E-state index contributed by atoms with van der Waals surface area (Å²) in [5, 5.41) is 9.51. The Balaban J connectivity index is 0.00000529. The predicted octanol–water partition coefficient (Wildman–Crippen LogP) is 3.75. The van der Waals surface area contributed by atoms with Crippen LogP contribution >= 0.6 is 24.0 Å². The molecule has 0 spiro atoms. The first-order valence-electron chi connectivity index (χ1n) is 8.24. The first-order chi connectivity index (χ1) is 10.9. The average molecular weight is 446 g/mol. The Bertz CT molecular complexity index is 532. The summed E-state index contributed by atoms with van der Waals surface area (Å²) in [5.74, 6) is 1.45. The van der Waals surface area contributed by atoms with E-state index in [1.165, 1.54) is 13.3 Å². The van der Waals surface area contributed by atoms with Crippen molar-refractivity contribution in [3.8, 4) is 0 Å². The molecule has 1 aromatic carbocycles. The summed E-state index contributed by atoms with van der Waals surface area (Å²) in [5.41, 5.74) is 1.90. The van der Waals surface area contributed by atoms with Crippen molar-refractivity contribution in [2.24, 2.45) is 10.9 Å². The summed E-state index contributed by atoms with van der Waals surface area (Å²) < 4.78 is 0. The number of amides is 1. The Morgan fingerprint density at radius 2 is 1.92 bits per heavy atom. The second kappa shape index (κ2) is 12.1. The molecule has 3 N–H and O–H groups in total. The number of nitrogens with one attached hydrogen (secondary N) is 3. The molecule has 1 amide bonds. The molecule has 5 nitrogen and oxygen atoms in total. The fraction of sp³-hybridized carbons (Fsp3) is 0.556. The van der Waals surface area contributed by atoms with Gasteiger partial charge in [-0.15, -0.1) is 24.0 Å². The van der Waals surface area contributed by atoms with Crippen molar-refractivity contribution in [3.05, 3.63) is 29.8 Å². The molecule has 1 rings (SSSR count). The molecule has 0 bridgehead atoms. The Morgan fingerprint density at radius 1 is 1.21 bits per heavy atom. The SMILES string of the molecule is CN=C(NCc1cccc(NC(C)=O)c1)NC(C)CCC(C)C.I. The van der Waals surface area contributed by atoms with Crippen molar-refractivity contribution in [2.75, 3.05) is 12.4 Å². The minimum atomic E-state index is -0.0634. The van der Waals surface area contributed by atoms with Crippen LogP contribution in [0, 0.1) is 5.92 Å². The van der Waals surface area contributed by atoms with Gasteiger partial charge in [-0.1, -0.05) is 26.0 Å². The van der Waals surface area contributed by atoms with Crippen molar-refractivity contribution in [1.29, 1.82) is 0 Å². The van der Waals surface area contributed by atoms with Crippen LogP contribution in [0.1, 0.15) is 46.1 Å². The molecule has 6 heteroatoms. The van der Waals surface area contributed by atoms with Crippen LogP contribution in [0.4, 0.5) is 5.69 Å². The monoisotopic (exact) mass is 446 g/mol. The quantitative estimate of drug-likeness (QED) is 0.340. The topological polar surface area (TPSA) is 65.5 Å². The summed E-state index contributed by atoms with van der Waals surface area (Å²) in [7, 11) is 1.78. The van der Waals surface area contributed by atoms with Crippen molar-refractivity contribution in [1.82, 2.24) is 10.6 Å². The van der Waals surface area contributed by atoms with E-state index in [1.807, 2.05) is 24.3 Å². The summed E-state index contributed by atoms with van der Waals surface area (Å²) in [6.07, 6.45) is 2.32. The largest absolute Gasteiger partial charge is 0.354 e. The fourth-order valence-corrected chi connectivity index (χ4v) is 2.23. The van der Waals surface area contributed by atoms with Crippen molar-refractivity contribution < 1.29 is 4.79 Å². The average Bonchev–Trinajstić information content (AvgIpc) is 2.49. The molecule has 0 aliphatic heterocycles. The zero-order valence-corrected chi connectivity index (χ0v) is 17.7. The molecule has 0 radical (unpaired) electrons. The number of benzene rings is 1. The number of halogens is 1. The molecular formula is C18H31IN4O. The number of carbonyl (C=O) groups excluding carboxylic acids is 1. The lowest BCUT2D eigenvalue weighted by molar-refractivity contribution is -0.114. The molecule has 0 aliphatic rings. The van der Waals surface area contributed by atoms with Gasteiger partial charge in [-0.25, -0.2) is 0 Å². The van der Waals surface area contributed by atoms with E-state index in [4.69, 9.17) is 0 Å². The standard InChI is InChI=1S/C18H30N4O.HI/c1-13(2)9-10-14(3)21-18(19-5)20-12-16-7-6-8-17(11-16)22-15(4)23;/h6-8,11,13-14H,9-10,12H2,1-5H3,(H,22,23)(H2,19,20,21);1H. The molecule has 24 heavy (non-hydrogen) atoms. The third-order valence-corrected chi connectivity index (χ3v) is 3.49. The smallest absolute Gasteiger partial charge is 0.221 e. The Hall–Kier alpha value is -1.31. The fourth-order valence-electron chi connectivity index (χ4n) is 2.23. The molecule has 0 saturated heterocycles. The van der Waals surface area contributed by atoms with E-state index < -0.39 is 0 Å². The second-order valence-electron chi connectivity index (χ2n) is 6.32. The number of rotatable bonds is 7. The number of guanidine groups is 1. The zero-order valence-electron chi connectivity index (χ0n) is 15.3. The molecule has 0 aliphatic carbocycles. The zero-order chi connectivity index (χ0) is 17.2. The first kappa shape index (κ1) is 22.7. The van der Waals surface area contributed by atoms with Gasteiger partial charge in [0, 0.05) is 32.2 Å². The third-order valence-electron chi connectivity index (χ3n) is 3.49. The number of hydrogen-bond acceptors (Lipinski definition) is 2. The molecular weight excluding hydrogens is 415 g/mol. The molecule has 1 atom stereocenters. The van der Waals surface area contributed by atoms with Crippen LogP contribution < -0.4 is 16.0 Å². The Morgan fingerprint density at radius 3 is 2.50 bits per heavy atom. The van der Waals surface area contributed by atoms with Gasteiger partial charge in [0.25, 0.3) is 0 Å². The first-order valence-corrected chi connectivity index (χ1v) is 8.24. The summed E-state index contributed by atoms with van der Waals surface area (Å²) in [6.45, 7) is 8.82. The van der Waals surface area contributed by atoms with Crippen LogP contribution in [0.15, 0.2) is 29.3 Å². The highest BCUT2D eigenvalue weighted by atomic mass is 127. The van der Waals surface area contributed by atoms with Crippen LogP contribution in [0.3, 0.4) is 0 Å². The van der Waals surface area contributed by atoms with E-state index in [2.05, 4.69) is 41.7 Å². The van der Waals surface area contributed by atoms with Gasteiger partial charge < -0.3 is 16.0 Å². The number of anilines is 1. The van der Waals surface area contributed by atoms with Crippen molar-refractivity contribution >= 4 is 41.5 Å². The molecule has 1 aromatic rings. The van der Waals surface area contributed by atoms with Gasteiger partial charge in [0.15, 0.2) is 5.96 Å². The van der Waals surface area contributed by atoms with Gasteiger partial charge in [-0.05, 0) is 43.4 Å². The molecule has 0 aromatic heterocycles. The maximum atomic E-state index is 11.1. The highest BCUT2D eigenvalue weighted by molar-refractivity contribution is 14.0. The van der Waals surface area contributed by atoms with Gasteiger partial charge in [-0.3, -0.25) is 9.79 Å². The van der Waals surface area contributed by atoms with Gasteiger partial charge in [0.1, 0.15) is 0 Å². The van der Waals surface area contributed by atoms with Crippen LogP contribution in [0.5, 0.6) is 0 Å². The lowest BCUT2D eigenvalue weighted by atomic mass is 10.0. The highest BCUT2D eigenvalue weighted by Gasteiger charge is 2.06. The molecule has 0 fully saturated rings. The number of nitrogens with zero attached hydrogens (tertiary/aromatic N) is 1. The van der Waals surface area contributed by atoms with E-state index in [-0.39, 0.29) is 29.9 Å². The van der Waals surface area contributed by atoms with E-state index >= 15 is 0 Å². The number of aliphatic imine (C=N–C) groups is 1.